The van der Waals surface area contributed by atoms with Crippen molar-refractivity contribution in [3.05, 3.63) is 30.3 Å². The van der Waals surface area contributed by atoms with Gasteiger partial charge in [0.15, 0.2) is 5.17 Å². The van der Waals surface area contributed by atoms with Gasteiger partial charge in [-0.2, -0.15) is 5.10 Å². The molecule has 2 fully saturated rings. The number of benzene rings is 1. The maximum absolute atomic E-state index is 12.6. The quantitative estimate of drug-likeness (QED) is 0.781. The predicted octanol–water partition coefficient (Wildman–Crippen LogP) is 1.95. The minimum Gasteiger partial charge on any atom is -0.550 e. The number of carboxylic acids is 1. The summed E-state index contributed by atoms with van der Waals surface area (Å²) in [5.74, 6) is -1.54. The first kappa shape index (κ1) is 16.7. The van der Waals surface area contributed by atoms with Gasteiger partial charge < -0.3 is 9.90 Å². The second kappa shape index (κ2) is 7.61. The third kappa shape index (κ3) is 3.84. The van der Waals surface area contributed by atoms with Gasteiger partial charge in [0.25, 0.3) is 0 Å². The highest BCUT2D eigenvalue weighted by Crippen LogP contribution is 2.33. The second-order valence-corrected chi connectivity index (χ2v) is 6.97. The Morgan fingerprint density at radius 2 is 1.88 bits per heavy atom. The molecule has 0 aromatic heterocycles. The van der Waals surface area contributed by atoms with Gasteiger partial charge in [-0.25, -0.2) is 0 Å². The number of thioether (sulfide) groups is 1. The van der Waals surface area contributed by atoms with Gasteiger partial charge in [-0.3, -0.25) is 9.69 Å². The van der Waals surface area contributed by atoms with Crippen LogP contribution in [0, 0.1) is 0 Å². The normalized spacial score (nSPS) is 22.9. The molecular weight excluding hydrogens is 326 g/mol. The zero-order valence-corrected chi connectivity index (χ0v) is 14.0. The van der Waals surface area contributed by atoms with Gasteiger partial charge in [0.05, 0.1) is 10.9 Å². The van der Waals surface area contributed by atoms with Crippen LogP contribution in [0.25, 0.3) is 0 Å². The summed E-state index contributed by atoms with van der Waals surface area (Å²) >= 11 is 1.14. The lowest BCUT2D eigenvalue weighted by Crippen LogP contribution is -2.35. The average Bonchev–Trinajstić information content (AvgIpc) is 2.90. The van der Waals surface area contributed by atoms with Gasteiger partial charge in [0.1, 0.15) is 0 Å². The van der Waals surface area contributed by atoms with Gasteiger partial charge in [0.2, 0.25) is 5.91 Å². The fraction of sp³-hybridized carbons (Fsp3) is 0.412. The third-order valence-corrected chi connectivity index (χ3v) is 5.14. The Morgan fingerprint density at radius 3 is 2.54 bits per heavy atom. The topological polar surface area (TPSA) is 85.2 Å². The van der Waals surface area contributed by atoms with Gasteiger partial charge >= 0.3 is 0 Å². The maximum Gasteiger partial charge on any atom is 0.247 e. The average molecular weight is 344 g/mol. The lowest BCUT2D eigenvalue weighted by atomic mass is 9.99. The number of hydrogen-bond donors (Lipinski definition) is 0. The monoisotopic (exact) mass is 344 g/mol. The molecule has 0 bridgehead atoms. The SMILES string of the molecule is O=C([O-])C[C@H]1S/C(=N/N=C2CCCCC2)N(c2ccccc2)C1=O. The molecule has 1 amide bonds. The lowest BCUT2D eigenvalue weighted by Gasteiger charge is -2.16. The van der Waals surface area contributed by atoms with Crippen LogP contribution < -0.4 is 10.0 Å². The molecule has 1 saturated heterocycles. The molecule has 1 heterocycles. The highest BCUT2D eigenvalue weighted by Gasteiger charge is 2.39. The number of carbonyl (C=O) groups is 2. The maximum atomic E-state index is 12.6. The Morgan fingerprint density at radius 1 is 1.17 bits per heavy atom. The first-order valence-electron chi connectivity index (χ1n) is 8.04. The molecule has 1 aromatic rings. The number of rotatable bonds is 4. The van der Waals surface area contributed by atoms with Crippen molar-refractivity contribution in [2.75, 3.05) is 4.90 Å². The molecule has 0 unspecified atom stereocenters. The molecule has 1 aliphatic carbocycles. The van der Waals surface area contributed by atoms with Crippen molar-refractivity contribution in [1.29, 1.82) is 0 Å². The number of hydrogen-bond acceptors (Lipinski definition) is 6. The largest absolute Gasteiger partial charge is 0.550 e. The molecule has 1 aliphatic heterocycles. The number of anilines is 1. The molecule has 3 rings (SSSR count). The number of amidine groups is 1. The van der Waals surface area contributed by atoms with Crippen molar-refractivity contribution in [3.8, 4) is 0 Å². The molecule has 126 valence electrons. The van der Waals surface area contributed by atoms with Crippen molar-refractivity contribution < 1.29 is 14.7 Å². The van der Waals surface area contributed by atoms with Crippen LogP contribution in [0.5, 0.6) is 0 Å². The standard InChI is InChI=1S/C17H19N3O3S/c21-15(22)11-14-16(23)20(13-9-5-2-6-10-13)17(24-14)19-18-12-7-3-1-4-8-12/h2,5-6,9-10,14H,1,3-4,7-8,11H2,(H,21,22)/p-1/b19-17+/t14-/m1/s1. The molecule has 24 heavy (non-hydrogen) atoms. The highest BCUT2D eigenvalue weighted by molar-refractivity contribution is 8.16. The fourth-order valence-corrected chi connectivity index (χ4v) is 3.87. The minimum atomic E-state index is -1.24. The van der Waals surface area contributed by atoms with Gasteiger partial charge in [-0.1, -0.05) is 36.4 Å². The Kier molecular flexibility index (Phi) is 5.30. The lowest BCUT2D eigenvalue weighted by molar-refractivity contribution is -0.305. The van der Waals surface area contributed by atoms with Crippen LogP contribution in [0.2, 0.25) is 0 Å². The fourth-order valence-electron chi connectivity index (χ4n) is 2.81. The van der Waals surface area contributed by atoms with Crippen LogP contribution in [0.1, 0.15) is 38.5 Å². The van der Waals surface area contributed by atoms with Crippen LogP contribution >= 0.6 is 11.8 Å². The zero-order chi connectivity index (χ0) is 16.9. The minimum absolute atomic E-state index is 0.294. The van der Waals surface area contributed by atoms with E-state index in [1.54, 1.807) is 12.1 Å². The van der Waals surface area contributed by atoms with E-state index in [-0.39, 0.29) is 12.3 Å². The van der Waals surface area contributed by atoms with Gasteiger partial charge in [-0.15, -0.1) is 5.10 Å². The van der Waals surface area contributed by atoms with Crippen molar-refractivity contribution in [2.24, 2.45) is 10.2 Å². The van der Waals surface area contributed by atoms with Crippen LogP contribution in [0.15, 0.2) is 40.5 Å². The van der Waals surface area contributed by atoms with Crippen LogP contribution in [0.3, 0.4) is 0 Å². The summed E-state index contributed by atoms with van der Waals surface area (Å²) in [6.07, 6.45) is 4.98. The van der Waals surface area contributed by atoms with E-state index in [2.05, 4.69) is 10.2 Å². The second-order valence-electron chi connectivity index (χ2n) is 5.80. The Hall–Kier alpha value is -2.15. The van der Waals surface area contributed by atoms with E-state index in [1.165, 1.54) is 11.3 Å². The van der Waals surface area contributed by atoms with E-state index in [4.69, 9.17) is 0 Å². The number of aliphatic carboxylic acids is 1. The molecule has 1 aromatic carbocycles. The van der Waals surface area contributed by atoms with Crippen LogP contribution in [0.4, 0.5) is 5.69 Å². The Bertz CT molecular complexity index is 680. The molecule has 7 heteroatoms. The van der Waals surface area contributed by atoms with Crippen LogP contribution in [-0.2, 0) is 9.59 Å². The Labute approximate surface area is 144 Å². The first-order chi connectivity index (χ1) is 11.6. The first-order valence-corrected chi connectivity index (χ1v) is 8.92. The summed E-state index contributed by atoms with van der Waals surface area (Å²) in [6.45, 7) is 0. The molecule has 0 N–H and O–H groups in total. The zero-order valence-electron chi connectivity index (χ0n) is 13.2. The van der Waals surface area contributed by atoms with E-state index < -0.39 is 11.2 Å². The highest BCUT2D eigenvalue weighted by atomic mass is 32.2. The summed E-state index contributed by atoms with van der Waals surface area (Å²) in [5, 5.41) is 19.2. The molecular formula is C17H18N3O3S-. The predicted molar refractivity (Wildman–Crippen MR) is 92.9 cm³/mol. The number of carboxylic acid groups (broad SMARTS) is 1. The third-order valence-electron chi connectivity index (χ3n) is 4.01. The van der Waals surface area contributed by atoms with E-state index in [1.807, 2.05) is 18.2 Å². The van der Waals surface area contributed by atoms with E-state index in [9.17, 15) is 14.7 Å². The molecule has 1 saturated carbocycles. The van der Waals surface area contributed by atoms with Crippen LogP contribution in [-0.4, -0.2) is 28.0 Å². The number of nitrogens with zero attached hydrogens (tertiary/aromatic N) is 3. The summed E-state index contributed by atoms with van der Waals surface area (Å²) in [5.41, 5.74) is 1.71. The van der Waals surface area contributed by atoms with Crippen molar-refractivity contribution in [1.82, 2.24) is 0 Å². The summed E-state index contributed by atoms with van der Waals surface area (Å²) in [6, 6.07) is 9.09. The Balaban J connectivity index is 1.88. The van der Waals surface area contributed by atoms with Crippen molar-refractivity contribution in [3.63, 3.8) is 0 Å². The van der Waals surface area contributed by atoms with E-state index in [0.29, 0.717) is 10.9 Å². The molecule has 0 spiro atoms. The van der Waals surface area contributed by atoms with Crippen molar-refractivity contribution >= 4 is 40.2 Å². The molecule has 6 nitrogen and oxygen atoms in total. The molecule has 2 aliphatic rings. The van der Waals surface area contributed by atoms with Gasteiger partial charge in [0, 0.05) is 18.1 Å². The summed E-state index contributed by atoms with van der Waals surface area (Å²) < 4.78 is 0. The number of carbonyl (C=O) groups excluding carboxylic acids is 2. The van der Waals surface area contributed by atoms with E-state index in [0.717, 1.165) is 43.2 Å². The number of amides is 1. The van der Waals surface area contributed by atoms with E-state index >= 15 is 0 Å². The van der Waals surface area contributed by atoms with Gasteiger partial charge in [-0.05, 0) is 37.8 Å². The summed E-state index contributed by atoms with van der Waals surface area (Å²) in [4.78, 5) is 24.9. The molecule has 0 radical (unpaired) electrons. The summed E-state index contributed by atoms with van der Waals surface area (Å²) in [7, 11) is 0. The molecule has 1 atom stereocenters. The number of para-hydroxylation sites is 1. The van der Waals surface area contributed by atoms with Crippen molar-refractivity contribution in [2.45, 2.75) is 43.8 Å². The smallest absolute Gasteiger partial charge is 0.247 e.